The van der Waals surface area contributed by atoms with Crippen LogP contribution in [-0.4, -0.2) is 18.2 Å². The Morgan fingerprint density at radius 3 is 2.60 bits per heavy atom. The topological polar surface area (TPSA) is 46.5 Å². The fourth-order valence-corrected chi connectivity index (χ4v) is 1.69. The number of carboxylic acid groups (broad SMARTS) is 1. The van der Waals surface area contributed by atoms with Gasteiger partial charge in [0.25, 0.3) is 0 Å². The summed E-state index contributed by atoms with van der Waals surface area (Å²) in [5.74, 6) is -2.21. The van der Waals surface area contributed by atoms with E-state index in [4.69, 9.17) is 33.0 Å². The summed E-state index contributed by atoms with van der Waals surface area (Å²) < 4.78 is 18.3. The van der Waals surface area contributed by atoms with Crippen molar-refractivity contribution in [3.05, 3.63) is 27.5 Å². The predicted molar refractivity (Wildman–Crippen MR) is 54.3 cm³/mol. The molecule has 0 aliphatic rings. The molecule has 1 aromatic carbocycles. The second-order valence-electron chi connectivity index (χ2n) is 2.74. The van der Waals surface area contributed by atoms with Gasteiger partial charge in [-0.25, -0.2) is 4.39 Å². The summed E-state index contributed by atoms with van der Waals surface area (Å²) in [5, 5.41) is 8.53. The predicted octanol–water partition coefficient (Wildman–Crippen LogP) is 2.77. The molecule has 0 heterocycles. The Bertz CT molecular complexity index is 407. The summed E-state index contributed by atoms with van der Waals surface area (Å²) in [6.07, 6.45) is -0.516. The van der Waals surface area contributed by atoms with Gasteiger partial charge < -0.3 is 9.84 Å². The van der Waals surface area contributed by atoms with Gasteiger partial charge in [0.05, 0.1) is 18.6 Å². The molecule has 1 aromatic rings. The fourth-order valence-electron chi connectivity index (χ4n) is 1.11. The van der Waals surface area contributed by atoms with Crippen LogP contribution in [0.1, 0.15) is 5.56 Å². The first-order chi connectivity index (χ1) is 6.97. The Labute approximate surface area is 95.4 Å². The molecular weight excluding hydrogens is 246 g/mol. The van der Waals surface area contributed by atoms with E-state index < -0.39 is 18.2 Å². The lowest BCUT2D eigenvalue weighted by Gasteiger charge is -2.09. The number of ether oxygens (including phenoxy) is 1. The first kappa shape index (κ1) is 12.1. The van der Waals surface area contributed by atoms with Crippen LogP contribution in [0.5, 0.6) is 5.75 Å². The minimum Gasteiger partial charge on any atom is -0.492 e. The standard InChI is InChI=1S/C9H7Cl2FO3/c1-15-9-6(11)3-5(10)4(8(9)12)2-7(13)14/h3H,2H2,1H3,(H,13,14). The van der Waals surface area contributed by atoms with Crippen molar-refractivity contribution in [1.82, 2.24) is 0 Å². The Hall–Kier alpha value is -1.00. The lowest BCUT2D eigenvalue weighted by Crippen LogP contribution is -2.05. The quantitative estimate of drug-likeness (QED) is 0.900. The number of benzene rings is 1. The van der Waals surface area contributed by atoms with E-state index >= 15 is 0 Å². The maximum atomic E-state index is 13.6. The van der Waals surface area contributed by atoms with Crippen LogP contribution in [0.15, 0.2) is 6.07 Å². The van der Waals surface area contributed by atoms with Gasteiger partial charge in [-0.3, -0.25) is 4.79 Å². The van der Waals surface area contributed by atoms with Gasteiger partial charge in [-0.05, 0) is 6.07 Å². The molecule has 0 aliphatic heterocycles. The van der Waals surface area contributed by atoms with E-state index in [9.17, 15) is 9.18 Å². The lowest BCUT2D eigenvalue weighted by molar-refractivity contribution is -0.136. The highest BCUT2D eigenvalue weighted by molar-refractivity contribution is 6.36. The molecule has 0 radical (unpaired) electrons. The van der Waals surface area contributed by atoms with Crippen molar-refractivity contribution in [2.24, 2.45) is 0 Å². The summed E-state index contributed by atoms with van der Waals surface area (Å²) in [7, 11) is 1.24. The second-order valence-corrected chi connectivity index (χ2v) is 3.55. The maximum Gasteiger partial charge on any atom is 0.307 e. The molecule has 6 heteroatoms. The largest absolute Gasteiger partial charge is 0.492 e. The monoisotopic (exact) mass is 252 g/mol. The summed E-state index contributed by atoms with van der Waals surface area (Å²) in [6.45, 7) is 0. The Morgan fingerprint density at radius 1 is 1.53 bits per heavy atom. The molecule has 82 valence electrons. The molecule has 0 saturated heterocycles. The smallest absolute Gasteiger partial charge is 0.307 e. The van der Waals surface area contributed by atoms with Gasteiger partial charge in [0.15, 0.2) is 11.6 Å². The van der Waals surface area contributed by atoms with Crippen LogP contribution in [0, 0.1) is 5.82 Å². The fraction of sp³-hybridized carbons (Fsp3) is 0.222. The van der Waals surface area contributed by atoms with Gasteiger partial charge in [0, 0.05) is 10.6 Å². The van der Waals surface area contributed by atoms with E-state index in [1.165, 1.54) is 13.2 Å². The van der Waals surface area contributed by atoms with E-state index in [0.717, 1.165) is 0 Å². The molecule has 0 atom stereocenters. The van der Waals surface area contributed by atoms with Gasteiger partial charge >= 0.3 is 5.97 Å². The van der Waals surface area contributed by atoms with Crippen LogP contribution in [0.3, 0.4) is 0 Å². The molecule has 1 rings (SSSR count). The van der Waals surface area contributed by atoms with Gasteiger partial charge in [-0.1, -0.05) is 23.2 Å². The molecular formula is C9H7Cl2FO3. The van der Waals surface area contributed by atoms with Crippen LogP contribution in [0.4, 0.5) is 4.39 Å². The summed E-state index contributed by atoms with van der Waals surface area (Å²) in [5.41, 5.74) is -0.134. The Morgan fingerprint density at radius 2 is 2.13 bits per heavy atom. The molecule has 0 bridgehead atoms. The molecule has 0 unspecified atom stereocenters. The van der Waals surface area contributed by atoms with Crippen LogP contribution in [0.2, 0.25) is 10.0 Å². The average Bonchev–Trinajstić information content (AvgIpc) is 2.12. The molecule has 0 aliphatic carbocycles. The second kappa shape index (κ2) is 4.68. The molecule has 15 heavy (non-hydrogen) atoms. The highest BCUT2D eigenvalue weighted by Crippen LogP contribution is 2.34. The third-order valence-electron chi connectivity index (χ3n) is 1.76. The number of rotatable bonds is 3. The zero-order valence-electron chi connectivity index (χ0n) is 7.68. The van der Waals surface area contributed by atoms with Gasteiger partial charge in [-0.15, -0.1) is 0 Å². The van der Waals surface area contributed by atoms with Crippen molar-refractivity contribution < 1.29 is 19.0 Å². The third kappa shape index (κ3) is 2.52. The Balaban J connectivity index is 3.32. The van der Waals surface area contributed by atoms with E-state index in [-0.39, 0.29) is 21.4 Å². The number of aliphatic carboxylic acids is 1. The third-order valence-corrected chi connectivity index (χ3v) is 2.37. The summed E-state index contributed by atoms with van der Waals surface area (Å²) in [4.78, 5) is 10.5. The maximum absolute atomic E-state index is 13.6. The number of methoxy groups -OCH3 is 1. The van der Waals surface area contributed by atoms with Crippen molar-refractivity contribution in [3.8, 4) is 5.75 Å². The first-order valence-electron chi connectivity index (χ1n) is 3.89. The number of carbonyl (C=O) groups is 1. The minimum absolute atomic E-state index is 0.00846. The van der Waals surface area contributed by atoms with E-state index in [0.29, 0.717) is 0 Å². The number of hydrogen-bond donors (Lipinski definition) is 1. The molecule has 0 spiro atoms. The molecule has 0 aromatic heterocycles. The van der Waals surface area contributed by atoms with Crippen molar-refractivity contribution in [2.75, 3.05) is 7.11 Å². The zero-order chi connectivity index (χ0) is 11.6. The molecule has 0 saturated carbocycles. The zero-order valence-corrected chi connectivity index (χ0v) is 9.19. The van der Waals surface area contributed by atoms with Crippen molar-refractivity contribution in [2.45, 2.75) is 6.42 Å². The lowest BCUT2D eigenvalue weighted by atomic mass is 10.1. The van der Waals surface area contributed by atoms with E-state index in [1.54, 1.807) is 0 Å². The van der Waals surface area contributed by atoms with Crippen molar-refractivity contribution >= 4 is 29.2 Å². The van der Waals surface area contributed by atoms with Crippen LogP contribution < -0.4 is 4.74 Å². The average molecular weight is 253 g/mol. The molecule has 0 amide bonds. The summed E-state index contributed by atoms with van der Waals surface area (Å²) >= 11 is 11.3. The first-order valence-corrected chi connectivity index (χ1v) is 4.65. The normalized spacial score (nSPS) is 10.1. The molecule has 3 nitrogen and oxygen atoms in total. The van der Waals surface area contributed by atoms with Crippen molar-refractivity contribution in [3.63, 3.8) is 0 Å². The van der Waals surface area contributed by atoms with Crippen LogP contribution in [0.25, 0.3) is 0 Å². The molecule has 1 N–H and O–H groups in total. The number of hydrogen-bond acceptors (Lipinski definition) is 2. The van der Waals surface area contributed by atoms with Crippen LogP contribution in [-0.2, 0) is 11.2 Å². The number of carboxylic acids is 1. The van der Waals surface area contributed by atoms with Crippen molar-refractivity contribution in [1.29, 1.82) is 0 Å². The van der Waals surface area contributed by atoms with Gasteiger partial charge in [0.1, 0.15) is 0 Å². The summed E-state index contributed by atoms with van der Waals surface area (Å²) in [6, 6.07) is 1.25. The van der Waals surface area contributed by atoms with Crippen LogP contribution >= 0.6 is 23.2 Å². The van der Waals surface area contributed by atoms with Gasteiger partial charge in [0.2, 0.25) is 0 Å². The Kier molecular flexibility index (Phi) is 3.77. The van der Waals surface area contributed by atoms with Gasteiger partial charge in [-0.2, -0.15) is 0 Å². The SMILES string of the molecule is COc1c(Cl)cc(Cl)c(CC(=O)O)c1F. The molecule has 0 fully saturated rings. The highest BCUT2D eigenvalue weighted by Gasteiger charge is 2.19. The van der Waals surface area contributed by atoms with E-state index in [2.05, 4.69) is 0 Å². The highest BCUT2D eigenvalue weighted by atomic mass is 35.5. The van der Waals surface area contributed by atoms with E-state index in [1.807, 2.05) is 0 Å². The minimum atomic E-state index is -1.18. The number of halogens is 3.